The van der Waals surface area contributed by atoms with E-state index in [1.165, 1.54) is 0 Å². The van der Waals surface area contributed by atoms with Gasteiger partial charge >= 0.3 is 0 Å². The van der Waals surface area contributed by atoms with Crippen LogP contribution in [0.5, 0.6) is 0 Å². The summed E-state index contributed by atoms with van der Waals surface area (Å²) in [7, 11) is -2.11. The van der Waals surface area contributed by atoms with Gasteiger partial charge in [0.25, 0.3) is 0 Å². The number of rotatable bonds is 0. The summed E-state index contributed by atoms with van der Waals surface area (Å²) in [4.78, 5) is 0. The van der Waals surface area contributed by atoms with Crippen LogP contribution in [0.4, 0.5) is 0 Å². The van der Waals surface area contributed by atoms with Crippen LogP contribution in [0.25, 0.3) is 0 Å². The minimum atomic E-state index is -2.11. The SMILES string of the molecule is C=S(=O)=O. The molecule has 0 aromatic heterocycles. The molecule has 4 heavy (non-hydrogen) atoms. The molecule has 24 valence electrons. The second-order valence-electron chi connectivity index (χ2n) is 0.304. The lowest BCUT2D eigenvalue weighted by molar-refractivity contribution is 0.627. The van der Waals surface area contributed by atoms with Gasteiger partial charge in [0.15, 0.2) is 0 Å². The molecular formula is CH2O2S. The summed E-state index contributed by atoms with van der Waals surface area (Å²) < 4.78 is 17.8. The maximum absolute atomic E-state index is 8.89. The Hall–Kier alpha value is -0.310. The summed E-state index contributed by atoms with van der Waals surface area (Å²) in [5, 5.41) is 0. The first-order valence-corrected chi connectivity index (χ1v) is 1.87. The Morgan fingerprint density at radius 2 is 1.50 bits per heavy atom. The molecule has 0 atom stereocenters. The van der Waals surface area contributed by atoms with Crippen molar-refractivity contribution in [1.29, 1.82) is 0 Å². The molecule has 0 spiro atoms. The van der Waals surface area contributed by atoms with Gasteiger partial charge in [0, 0.05) is 5.87 Å². The monoisotopic (exact) mass is 78.0 g/mol. The molecule has 0 aliphatic rings. The highest BCUT2D eigenvalue weighted by molar-refractivity contribution is 7.70. The van der Waals surface area contributed by atoms with Gasteiger partial charge in [0.2, 0.25) is 10.3 Å². The standard InChI is InChI=1S/CH2O2S/c1-4(2)3/h1H2. The van der Waals surface area contributed by atoms with E-state index in [0.717, 1.165) is 0 Å². The van der Waals surface area contributed by atoms with Crippen molar-refractivity contribution in [1.82, 2.24) is 0 Å². The lowest BCUT2D eigenvalue weighted by atomic mass is 12.0. The molecule has 0 bridgehead atoms. The van der Waals surface area contributed by atoms with Gasteiger partial charge in [-0.15, -0.1) is 0 Å². The van der Waals surface area contributed by atoms with Crippen LogP contribution in [-0.2, 0) is 10.3 Å². The first kappa shape index (κ1) is 3.69. The molecule has 0 saturated heterocycles. The fourth-order valence-electron chi connectivity index (χ4n) is 0. The Morgan fingerprint density at radius 3 is 1.50 bits per heavy atom. The van der Waals surface area contributed by atoms with E-state index >= 15 is 0 Å². The predicted octanol–water partition coefficient (Wildman–Crippen LogP) is -0.703. The Labute approximate surface area is 25.6 Å². The maximum atomic E-state index is 8.89. The van der Waals surface area contributed by atoms with Gasteiger partial charge in [-0.05, 0) is 0 Å². The minimum absolute atomic E-state index is 2.11. The van der Waals surface area contributed by atoms with Crippen molar-refractivity contribution in [3.63, 3.8) is 0 Å². The summed E-state index contributed by atoms with van der Waals surface area (Å²) in [6.07, 6.45) is 0. The van der Waals surface area contributed by atoms with Gasteiger partial charge in [-0.2, -0.15) is 8.42 Å². The molecule has 0 aromatic rings. The van der Waals surface area contributed by atoms with Gasteiger partial charge < -0.3 is 0 Å². The van der Waals surface area contributed by atoms with Crippen molar-refractivity contribution in [3.05, 3.63) is 0 Å². The fraction of sp³-hybridized carbons (Fsp3) is 0. The smallest absolute Gasteiger partial charge is 0.185 e. The Morgan fingerprint density at radius 1 is 1.50 bits per heavy atom. The zero-order valence-electron chi connectivity index (χ0n) is 1.93. The minimum Gasteiger partial charge on any atom is -0.185 e. The molecule has 0 fully saturated rings. The lowest BCUT2D eigenvalue weighted by Crippen LogP contribution is -1.39. The van der Waals surface area contributed by atoms with E-state index in [4.69, 9.17) is 8.42 Å². The third-order valence-electron chi connectivity index (χ3n) is 0. The average Bonchev–Trinajstić information content (AvgIpc) is 0.811. The average molecular weight is 78.1 g/mol. The highest BCUT2D eigenvalue weighted by Gasteiger charge is 1.28. The number of hydrogen-bond donors (Lipinski definition) is 0. The van der Waals surface area contributed by atoms with E-state index < -0.39 is 10.3 Å². The van der Waals surface area contributed by atoms with E-state index in [0.29, 0.717) is 0 Å². The van der Waals surface area contributed by atoms with Gasteiger partial charge in [0.1, 0.15) is 0 Å². The molecule has 0 saturated carbocycles. The summed E-state index contributed by atoms with van der Waals surface area (Å²) in [6, 6.07) is 0. The normalized spacial score (nSPS) is 6.00. The summed E-state index contributed by atoms with van der Waals surface area (Å²) in [5.41, 5.74) is 0. The maximum Gasteiger partial charge on any atom is 0.206 e. The van der Waals surface area contributed by atoms with Gasteiger partial charge in [-0.3, -0.25) is 0 Å². The van der Waals surface area contributed by atoms with Crippen LogP contribution in [0.15, 0.2) is 0 Å². The first-order valence-electron chi connectivity index (χ1n) is 0.622. The van der Waals surface area contributed by atoms with Crippen molar-refractivity contribution >= 4 is 16.2 Å². The summed E-state index contributed by atoms with van der Waals surface area (Å²) in [5.74, 6) is 2.56. The molecule has 0 aliphatic carbocycles. The van der Waals surface area contributed by atoms with Gasteiger partial charge in [0.05, 0.1) is 0 Å². The van der Waals surface area contributed by atoms with E-state index in [-0.39, 0.29) is 0 Å². The third-order valence-corrected chi connectivity index (χ3v) is 0. The van der Waals surface area contributed by atoms with Crippen molar-refractivity contribution in [2.45, 2.75) is 0 Å². The Balaban J connectivity index is 4.65. The van der Waals surface area contributed by atoms with Crippen LogP contribution in [0.2, 0.25) is 0 Å². The molecule has 2 nitrogen and oxygen atoms in total. The summed E-state index contributed by atoms with van der Waals surface area (Å²) >= 11 is 0. The number of hydrogen-bond acceptors (Lipinski definition) is 2. The molecule has 0 aliphatic heterocycles. The largest absolute Gasteiger partial charge is 0.206 e. The van der Waals surface area contributed by atoms with Crippen LogP contribution >= 0.6 is 0 Å². The predicted molar refractivity (Wildman–Crippen MR) is 16.0 cm³/mol. The van der Waals surface area contributed by atoms with Crippen molar-refractivity contribution < 1.29 is 8.42 Å². The van der Waals surface area contributed by atoms with Crippen LogP contribution in [0, 0.1) is 0 Å². The van der Waals surface area contributed by atoms with Gasteiger partial charge in [-0.25, -0.2) is 0 Å². The molecule has 0 amide bonds. The van der Waals surface area contributed by atoms with Crippen LogP contribution < -0.4 is 0 Å². The topological polar surface area (TPSA) is 34.1 Å². The van der Waals surface area contributed by atoms with Crippen LogP contribution in [0.3, 0.4) is 0 Å². The van der Waals surface area contributed by atoms with Crippen LogP contribution in [-0.4, -0.2) is 14.3 Å². The van der Waals surface area contributed by atoms with Crippen molar-refractivity contribution in [2.75, 3.05) is 0 Å². The first-order chi connectivity index (χ1) is 1.73. The summed E-state index contributed by atoms with van der Waals surface area (Å²) in [6.45, 7) is 0. The second kappa shape index (κ2) is 1.06. The molecule has 0 heterocycles. The van der Waals surface area contributed by atoms with Crippen molar-refractivity contribution in [2.24, 2.45) is 0 Å². The fourth-order valence-corrected chi connectivity index (χ4v) is 0. The molecule has 0 unspecified atom stereocenters. The zero-order valence-corrected chi connectivity index (χ0v) is 2.75. The highest BCUT2D eigenvalue weighted by Crippen LogP contribution is 1.08. The molecule has 0 radical (unpaired) electrons. The van der Waals surface area contributed by atoms with E-state index in [1.54, 1.807) is 0 Å². The van der Waals surface area contributed by atoms with E-state index in [2.05, 4.69) is 5.87 Å². The lowest BCUT2D eigenvalue weighted by Gasteiger charge is -1.19. The van der Waals surface area contributed by atoms with E-state index in [9.17, 15) is 0 Å². The van der Waals surface area contributed by atoms with Gasteiger partial charge in [-0.1, -0.05) is 0 Å². The third kappa shape index (κ3) is 8.37. The molecule has 3 heteroatoms. The molecule has 0 N–H and O–H groups in total. The molecule has 0 aromatic carbocycles. The molecule has 0 rings (SSSR count). The van der Waals surface area contributed by atoms with Crippen LogP contribution in [0.1, 0.15) is 0 Å². The Bertz CT molecular complexity index is 75.4. The Kier molecular flexibility index (Phi) is 0.979. The second-order valence-corrected chi connectivity index (χ2v) is 0.911. The zero-order chi connectivity index (χ0) is 3.58. The quantitative estimate of drug-likeness (QED) is 0.359. The van der Waals surface area contributed by atoms with E-state index in [1.807, 2.05) is 0 Å². The highest BCUT2D eigenvalue weighted by atomic mass is 32.2. The molecular weight excluding hydrogens is 76.1 g/mol. The van der Waals surface area contributed by atoms with Crippen molar-refractivity contribution in [3.8, 4) is 0 Å².